The molecule has 2 heterocycles. The molecule has 1 N–H and O–H groups in total. The summed E-state index contributed by atoms with van der Waals surface area (Å²) in [6, 6.07) is 7.70. The van der Waals surface area contributed by atoms with Crippen LogP contribution >= 0.6 is 0 Å². The van der Waals surface area contributed by atoms with Crippen molar-refractivity contribution in [2.24, 2.45) is 29.6 Å². The van der Waals surface area contributed by atoms with Crippen LogP contribution in [0.4, 0.5) is 4.79 Å². The predicted molar refractivity (Wildman–Crippen MR) is 160 cm³/mol. The summed E-state index contributed by atoms with van der Waals surface area (Å²) in [4.78, 5) is 15.5. The first-order chi connectivity index (χ1) is 19.8. The summed E-state index contributed by atoms with van der Waals surface area (Å²) >= 11 is 0. The highest BCUT2D eigenvalue weighted by Gasteiger charge is 2.60. The molecule has 5 rings (SSSR count). The van der Waals surface area contributed by atoms with E-state index in [2.05, 4.69) is 0 Å². The number of aliphatic hydroxyl groups is 1. The van der Waals surface area contributed by atoms with Crippen LogP contribution < -0.4 is 0 Å². The SMILES string of the molecule is CO[C@H]1O[C@@H](C)[C@H]2[C@@H]1C[C@H]1CCCC[C@@H]1[C@H]2C(C(O)[C@@H]1CCC[C@@H](C)N1C(=O)OC(C)(C)C)S(=O)(=O)c1ccccc1. The maximum atomic E-state index is 14.9. The van der Waals surface area contributed by atoms with E-state index < -0.39 is 38.9 Å². The van der Waals surface area contributed by atoms with Gasteiger partial charge in [-0.15, -0.1) is 0 Å². The summed E-state index contributed by atoms with van der Waals surface area (Å²) in [6.07, 6.45) is 4.84. The Bertz CT molecular complexity index is 1180. The number of methoxy groups -OCH3 is 1. The molecule has 4 fully saturated rings. The van der Waals surface area contributed by atoms with Gasteiger partial charge in [0, 0.05) is 19.1 Å². The van der Waals surface area contributed by atoms with Crippen LogP contribution in [0.2, 0.25) is 0 Å². The standard InChI is InChI=1S/C33H51NO7S/c1-20-13-12-18-26(34(20)32(36)41-33(3,4)5)29(35)30(42(37,38)23-15-8-7-9-16-23)28-24-17-11-10-14-22(24)19-25-27(28)21(2)40-31(25)39-6/h7-9,15-16,20-22,24-31,35H,10-14,17-19H2,1-6H3/t20-,21+,22-,24+,25+,26+,27+,28-,29?,30?,31+/m1/s1. The third-order valence-corrected chi connectivity index (χ3v) is 12.8. The van der Waals surface area contributed by atoms with Gasteiger partial charge in [-0.1, -0.05) is 37.5 Å². The van der Waals surface area contributed by atoms with Crippen LogP contribution in [0.15, 0.2) is 35.2 Å². The van der Waals surface area contributed by atoms with E-state index in [1.807, 2.05) is 34.6 Å². The number of nitrogens with zero attached hydrogens (tertiary/aromatic N) is 1. The Morgan fingerprint density at radius 2 is 1.71 bits per heavy atom. The van der Waals surface area contributed by atoms with Crippen molar-refractivity contribution >= 4 is 15.9 Å². The number of sulfone groups is 1. The molecular formula is C33H51NO7S. The van der Waals surface area contributed by atoms with Crippen molar-refractivity contribution in [1.82, 2.24) is 4.90 Å². The summed E-state index contributed by atoms with van der Waals surface area (Å²) in [5, 5.41) is 11.4. The second kappa shape index (κ2) is 12.4. The highest BCUT2D eigenvalue weighted by atomic mass is 32.2. The molecule has 9 heteroatoms. The molecule has 0 bridgehead atoms. The summed E-state index contributed by atoms with van der Waals surface area (Å²) in [5.41, 5.74) is -0.711. The van der Waals surface area contributed by atoms with Crippen LogP contribution in [0.5, 0.6) is 0 Å². The van der Waals surface area contributed by atoms with Crippen molar-refractivity contribution in [3.63, 3.8) is 0 Å². The molecule has 2 saturated heterocycles. The Morgan fingerprint density at radius 3 is 2.38 bits per heavy atom. The number of likely N-dealkylation sites (tertiary alicyclic amines) is 1. The molecule has 4 aliphatic rings. The number of benzene rings is 1. The minimum Gasteiger partial charge on any atom is -0.444 e. The van der Waals surface area contributed by atoms with E-state index in [-0.39, 0.29) is 47.0 Å². The molecule has 1 amide bonds. The lowest BCUT2D eigenvalue weighted by atomic mass is 9.56. The third-order valence-electron chi connectivity index (χ3n) is 10.5. The van der Waals surface area contributed by atoms with Gasteiger partial charge < -0.3 is 19.3 Å². The molecule has 0 aromatic heterocycles. The lowest BCUT2D eigenvalue weighted by molar-refractivity contribution is -0.132. The van der Waals surface area contributed by atoms with Crippen molar-refractivity contribution in [2.45, 2.75) is 132 Å². The number of amides is 1. The number of hydrogen-bond donors (Lipinski definition) is 1. The number of fused-ring (bicyclic) bond motifs is 2. The van der Waals surface area contributed by atoms with Crippen LogP contribution in [0.3, 0.4) is 0 Å². The zero-order chi connectivity index (χ0) is 30.4. The topological polar surface area (TPSA) is 102 Å². The van der Waals surface area contributed by atoms with Gasteiger partial charge in [0.05, 0.1) is 28.4 Å². The highest BCUT2D eigenvalue weighted by Crippen LogP contribution is 2.57. The monoisotopic (exact) mass is 605 g/mol. The number of carbonyl (C=O) groups is 1. The molecule has 2 aliphatic heterocycles. The van der Waals surface area contributed by atoms with E-state index in [1.165, 1.54) is 0 Å². The van der Waals surface area contributed by atoms with Gasteiger partial charge in [-0.25, -0.2) is 13.2 Å². The highest BCUT2D eigenvalue weighted by molar-refractivity contribution is 7.92. The van der Waals surface area contributed by atoms with Gasteiger partial charge in [0.15, 0.2) is 16.1 Å². The smallest absolute Gasteiger partial charge is 0.410 e. The first kappa shape index (κ1) is 31.7. The minimum atomic E-state index is -4.01. The van der Waals surface area contributed by atoms with Crippen LogP contribution in [-0.4, -0.2) is 73.1 Å². The molecule has 1 aromatic carbocycles. The van der Waals surface area contributed by atoms with Crippen molar-refractivity contribution in [3.8, 4) is 0 Å². The maximum absolute atomic E-state index is 14.9. The number of aliphatic hydroxyl groups excluding tert-OH is 1. The predicted octanol–water partition coefficient (Wildman–Crippen LogP) is 5.82. The Kier molecular flexibility index (Phi) is 9.35. The van der Waals surface area contributed by atoms with Crippen molar-refractivity contribution in [2.75, 3.05) is 7.11 Å². The molecule has 0 radical (unpaired) electrons. The average Bonchev–Trinajstić information content (AvgIpc) is 3.26. The maximum Gasteiger partial charge on any atom is 0.410 e. The van der Waals surface area contributed by atoms with E-state index in [9.17, 15) is 18.3 Å². The minimum absolute atomic E-state index is 0.0576. The van der Waals surface area contributed by atoms with E-state index >= 15 is 0 Å². The van der Waals surface area contributed by atoms with E-state index in [0.717, 1.165) is 44.9 Å². The normalized spacial score (nSPS) is 36.9. The van der Waals surface area contributed by atoms with Crippen molar-refractivity contribution in [3.05, 3.63) is 30.3 Å². The van der Waals surface area contributed by atoms with Gasteiger partial charge in [-0.3, -0.25) is 4.90 Å². The second-order valence-electron chi connectivity index (χ2n) is 14.3. The number of hydrogen-bond acceptors (Lipinski definition) is 7. The van der Waals surface area contributed by atoms with Gasteiger partial charge in [0.2, 0.25) is 0 Å². The van der Waals surface area contributed by atoms with Crippen molar-refractivity contribution < 1.29 is 32.5 Å². The Balaban J connectivity index is 1.63. The molecule has 1 aromatic rings. The molecule has 42 heavy (non-hydrogen) atoms. The molecule has 2 unspecified atom stereocenters. The molecule has 11 atom stereocenters. The number of carbonyl (C=O) groups excluding carboxylic acids is 1. The molecule has 2 aliphatic carbocycles. The number of piperidine rings is 1. The Hall–Kier alpha value is -1.68. The average molecular weight is 606 g/mol. The first-order valence-corrected chi connectivity index (χ1v) is 17.6. The first-order valence-electron chi connectivity index (χ1n) is 16.0. The lowest BCUT2D eigenvalue weighted by Gasteiger charge is -2.53. The third kappa shape index (κ3) is 6.00. The summed E-state index contributed by atoms with van der Waals surface area (Å²) in [7, 11) is -2.35. The van der Waals surface area contributed by atoms with Gasteiger partial charge in [-0.05, 0) is 103 Å². The molecular weight excluding hydrogens is 554 g/mol. The van der Waals surface area contributed by atoms with E-state index in [0.29, 0.717) is 12.3 Å². The molecule has 0 spiro atoms. The molecule has 236 valence electrons. The molecule has 8 nitrogen and oxygen atoms in total. The van der Waals surface area contributed by atoms with Gasteiger partial charge in [-0.2, -0.15) is 0 Å². The van der Waals surface area contributed by atoms with Gasteiger partial charge in [0.25, 0.3) is 0 Å². The number of ether oxygens (including phenoxy) is 3. The largest absolute Gasteiger partial charge is 0.444 e. The van der Waals surface area contributed by atoms with E-state index in [4.69, 9.17) is 14.2 Å². The molecule has 2 saturated carbocycles. The fourth-order valence-corrected chi connectivity index (χ4v) is 11.2. The van der Waals surface area contributed by atoms with E-state index in [1.54, 1.807) is 42.3 Å². The van der Waals surface area contributed by atoms with Crippen LogP contribution in [0.1, 0.15) is 86.0 Å². The van der Waals surface area contributed by atoms with Gasteiger partial charge >= 0.3 is 6.09 Å². The Morgan fingerprint density at radius 1 is 1.02 bits per heavy atom. The fourth-order valence-electron chi connectivity index (χ4n) is 8.96. The zero-order valence-electron chi connectivity index (χ0n) is 26.1. The summed E-state index contributed by atoms with van der Waals surface area (Å²) < 4.78 is 47.7. The second-order valence-corrected chi connectivity index (χ2v) is 16.4. The fraction of sp³-hybridized carbons (Fsp3) is 0.788. The van der Waals surface area contributed by atoms with Crippen LogP contribution in [-0.2, 0) is 24.0 Å². The Labute approximate surface area is 252 Å². The summed E-state index contributed by atoms with van der Waals surface area (Å²) in [5.74, 6) is 0.146. The quantitative estimate of drug-likeness (QED) is 0.436. The summed E-state index contributed by atoms with van der Waals surface area (Å²) in [6.45, 7) is 9.47. The van der Waals surface area contributed by atoms with Gasteiger partial charge in [0.1, 0.15) is 5.60 Å². The zero-order valence-corrected chi connectivity index (χ0v) is 27.0. The number of rotatable bonds is 6. The van der Waals surface area contributed by atoms with Crippen LogP contribution in [0, 0.1) is 29.6 Å². The lowest BCUT2D eigenvalue weighted by Crippen LogP contribution is -2.62. The van der Waals surface area contributed by atoms with Crippen LogP contribution in [0.25, 0.3) is 0 Å². The van der Waals surface area contributed by atoms with Crippen molar-refractivity contribution in [1.29, 1.82) is 0 Å².